The van der Waals surface area contributed by atoms with Gasteiger partial charge in [-0.1, -0.05) is 6.07 Å². The average Bonchev–Trinajstić information content (AvgIpc) is 2.50. The van der Waals surface area contributed by atoms with E-state index in [1.807, 2.05) is 36.0 Å². The molecule has 0 amide bonds. The van der Waals surface area contributed by atoms with Gasteiger partial charge in [0.2, 0.25) is 0 Å². The fourth-order valence-electron chi connectivity index (χ4n) is 1.71. The zero-order chi connectivity index (χ0) is 9.42. The van der Waals surface area contributed by atoms with Crippen LogP contribution in [0.15, 0.2) is 24.4 Å². The molecule has 1 aromatic heterocycles. The normalized spacial score (nSPS) is 10.2. The molecule has 0 aliphatic carbocycles. The lowest BCUT2D eigenvalue weighted by Gasteiger charge is -2.01. The second-order valence-corrected chi connectivity index (χ2v) is 3.23. The Kier molecular flexibility index (Phi) is 1.60. The third-order valence-corrected chi connectivity index (χ3v) is 2.36. The number of hydrogen-bond donors (Lipinski definition) is 0. The van der Waals surface area contributed by atoms with Crippen LogP contribution < -0.4 is 0 Å². The summed E-state index contributed by atoms with van der Waals surface area (Å²) in [6.45, 7) is 2.06. The summed E-state index contributed by atoms with van der Waals surface area (Å²) in [6.07, 6.45) is 1.98. The van der Waals surface area contributed by atoms with Gasteiger partial charge in [-0.05, 0) is 24.6 Å². The summed E-state index contributed by atoms with van der Waals surface area (Å²) in [4.78, 5) is 0. The smallest absolute Gasteiger partial charge is 0.0998 e. The second-order valence-electron chi connectivity index (χ2n) is 3.23. The van der Waals surface area contributed by atoms with Gasteiger partial charge in [-0.25, -0.2) is 0 Å². The van der Waals surface area contributed by atoms with Crippen LogP contribution in [0.3, 0.4) is 0 Å². The van der Waals surface area contributed by atoms with E-state index in [0.717, 1.165) is 16.5 Å². The largest absolute Gasteiger partial charge is 0.350 e. The van der Waals surface area contributed by atoms with Crippen molar-refractivity contribution in [3.8, 4) is 6.07 Å². The second kappa shape index (κ2) is 2.63. The molecule has 0 atom stereocenters. The van der Waals surface area contributed by atoms with Crippen molar-refractivity contribution in [1.82, 2.24) is 4.57 Å². The van der Waals surface area contributed by atoms with Gasteiger partial charge >= 0.3 is 0 Å². The fourth-order valence-corrected chi connectivity index (χ4v) is 1.71. The van der Waals surface area contributed by atoms with Crippen LogP contribution in [0.1, 0.15) is 11.1 Å². The molecule has 2 rings (SSSR count). The van der Waals surface area contributed by atoms with Crippen molar-refractivity contribution in [2.24, 2.45) is 7.05 Å². The van der Waals surface area contributed by atoms with Gasteiger partial charge in [0.05, 0.1) is 17.1 Å². The number of fused-ring (bicyclic) bond motifs is 1. The van der Waals surface area contributed by atoms with Gasteiger partial charge in [-0.15, -0.1) is 0 Å². The molecule has 2 aromatic rings. The monoisotopic (exact) mass is 170 g/mol. The first-order valence-electron chi connectivity index (χ1n) is 4.19. The van der Waals surface area contributed by atoms with Crippen LogP contribution >= 0.6 is 0 Å². The van der Waals surface area contributed by atoms with E-state index in [0.29, 0.717) is 0 Å². The van der Waals surface area contributed by atoms with Crippen LogP contribution in [0, 0.1) is 18.3 Å². The van der Waals surface area contributed by atoms with Crippen LogP contribution in [-0.4, -0.2) is 4.57 Å². The molecule has 0 N–H and O–H groups in total. The molecule has 2 nitrogen and oxygen atoms in total. The SMILES string of the molecule is Cc1ccc(C#N)c2ccn(C)c12. The Balaban J connectivity index is 2.97. The number of nitriles is 1. The van der Waals surface area contributed by atoms with E-state index in [2.05, 4.69) is 13.0 Å². The van der Waals surface area contributed by atoms with Gasteiger partial charge in [0.1, 0.15) is 0 Å². The number of aryl methyl sites for hydroxylation is 2. The molecule has 0 aliphatic rings. The molecule has 1 heterocycles. The van der Waals surface area contributed by atoms with Crippen molar-refractivity contribution in [2.75, 3.05) is 0 Å². The van der Waals surface area contributed by atoms with Gasteiger partial charge in [-0.2, -0.15) is 5.26 Å². The predicted molar refractivity (Wildman–Crippen MR) is 52.4 cm³/mol. The van der Waals surface area contributed by atoms with E-state index < -0.39 is 0 Å². The summed E-state index contributed by atoms with van der Waals surface area (Å²) in [5.74, 6) is 0. The lowest BCUT2D eigenvalue weighted by Crippen LogP contribution is -1.88. The van der Waals surface area contributed by atoms with Gasteiger partial charge in [0, 0.05) is 18.6 Å². The molecule has 0 spiro atoms. The Morgan fingerprint density at radius 3 is 2.77 bits per heavy atom. The predicted octanol–water partition coefficient (Wildman–Crippen LogP) is 2.36. The molecule has 0 radical (unpaired) electrons. The van der Waals surface area contributed by atoms with E-state index in [-0.39, 0.29) is 0 Å². The molecule has 2 heteroatoms. The van der Waals surface area contributed by atoms with Crippen molar-refractivity contribution in [2.45, 2.75) is 6.92 Å². The van der Waals surface area contributed by atoms with Crippen molar-refractivity contribution in [3.63, 3.8) is 0 Å². The van der Waals surface area contributed by atoms with Gasteiger partial charge < -0.3 is 4.57 Å². The summed E-state index contributed by atoms with van der Waals surface area (Å²) < 4.78 is 2.05. The highest BCUT2D eigenvalue weighted by Crippen LogP contribution is 2.22. The number of benzene rings is 1. The Morgan fingerprint density at radius 1 is 1.31 bits per heavy atom. The van der Waals surface area contributed by atoms with Gasteiger partial charge in [0.25, 0.3) is 0 Å². The van der Waals surface area contributed by atoms with E-state index >= 15 is 0 Å². The number of rotatable bonds is 0. The standard InChI is InChI=1S/C11H10N2/c1-8-3-4-9(7-12)10-5-6-13(2)11(8)10/h3-6H,1-2H3. The molecule has 0 bridgehead atoms. The highest BCUT2D eigenvalue weighted by atomic mass is 14.9. The first-order valence-corrected chi connectivity index (χ1v) is 4.19. The van der Waals surface area contributed by atoms with Crippen LogP contribution in [0.5, 0.6) is 0 Å². The molecule has 13 heavy (non-hydrogen) atoms. The summed E-state index contributed by atoms with van der Waals surface area (Å²) >= 11 is 0. The molecular formula is C11H10N2. The molecule has 0 fully saturated rings. The summed E-state index contributed by atoms with van der Waals surface area (Å²) in [5, 5.41) is 9.92. The Bertz CT molecular complexity index is 501. The minimum absolute atomic E-state index is 0.751. The maximum Gasteiger partial charge on any atom is 0.0998 e. The van der Waals surface area contributed by atoms with Gasteiger partial charge in [-0.3, -0.25) is 0 Å². The van der Waals surface area contributed by atoms with Crippen molar-refractivity contribution in [3.05, 3.63) is 35.5 Å². The molecule has 0 saturated carbocycles. The minimum atomic E-state index is 0.751. The fraction of sp³-hybridized carbons (Fsp3) is 0.182. The molecule has 1 aromatic carbocycles. The zero-order valence-electron chi connectivity index (χ0n) is 7.70. The van der Waals surface area contributed by atoms with Crippen LogP contribution in [0.4, 0.5) is 0 Å². The maximum absolute atomic E-state index is 8.88. The average molecular weight is 170 g/mol. The third kappa shape index (κ3) is 1.01. The molecule has 0 unspecified atom stereocenters. The van der Waals surface area contributed by atoms with Crippen molar-refractivity contribution >= 4 is 10.9 Å². The lowest BCUT2D eigenvalue weighted by atomic mass is 10.1. The quantitative estimate of drug-likeness (QED) is 0.596. The number of nitrogens with zero attached hydrogens (tertiary/aromatic N) is 2. The molecule has 0 aliphatic heterocycles. The number of hydrogen-bond acceptors (Lipinski definition) is 1. The van der Waals surface area contributed by atoms with E-state index in [9.17, 15) is 0 Å². The third-order valence-electron chi connectivity index (χ3n) is 2.36. The summed E-state index contributed by atoms with van der Waals surface area (Å²) in [6, 6.07) is 8.04. The Hall–Kier alpha value is -1.75. The van der Waals surface area contributed by atoms with Gasteiger partial charge in [0.15, 0.2) is 0 Å². The lowest BCUT2D eigenvalue weighted by molar-refractivity contribution is 0.964. The molecule has 0 saturated heterocycles. The van der Waals surface area contributed by atoms with E-state index in [4.69, 9.17) is 5.26 Å². The highest BCUT2D eigenvalue weighted by molar-refractivity contribution is 5.88. The highest BCUT2D eigenvalue weighted by Gasteiger charge is 2.05. The first-order chi connectivity index (χ1) is 6.24. The summed E-state index contributed by atoms with van der Waals surface area (Å²) in [7, 11) is 2.00. The van der Waals surface area contributed by atoms with Crippen LogP contribution in [0.2, 0.25) is 0 Å². The molecular weight excluding hydrogens is 160 g/mol. The van der Waals surface area contributed by atoms with Crippen LogP contribution in [-0.2, 0) is 7.05 Å². The Labute approximate surface area is 77.0 Å². The Morgan fingerprint density at radius 2 is 2.08 bits per heavy atom. The molecule has 64 valence electrons. The van der Waals surface area contributed by atoms with E-state index in [1.54, 1.807) is 0 Å². The van der Waals surface area contributed by atoms with Crippen molar-refractivity contribution in [1.29, 1.82) is 5.26 Å². The maximum atomic E-state index is 8.88. The minimum Gasteiger partial charge on any atom is -0.350 e. The topological polar surface area (TPSA) is 28.7 Å². The summed E-state index contributed by atoms with van der Waals surface area (Å²) in [5.41, 5.74) is 3.11. The first kappa shape index (κ1) is 7.88. The number of aromatic nitrogens is 1. The van der Waals surface area contributed by atoms with Crippen LogP contribution in [0.25, 0.3) is 10.9 Å². The van der Waals surface area contributed by atoms with Crippen molar-refractivity contribution < 1.29 is 0 Å². The van der Waals surface area contributed by atoms with E-state index in [1.165, 1.54) is 5.56 Å². The zero-order valence-corrected chi connectivity index (χ0v) is 7.70.